The van der Waals surface area contributed by atoms with Gasteiger partial charge < -0.3 is 9.29 Å². The Morgan fingerprint density at radius 2 is 2.11 bits per heavy atom. The molecule has 0 bridgehead atoms. The van der Waals surface area contributed by atoms with E-state index in [0.29, 0.717) is 12.8 Å². The summed E-state index contributed by atoms with van der Waals surface area (Å²) in [4.78, 5) is -0.792. The molecule has 9 heavy (non-hydrogen) atoms. The summed E-state index contributed by atoms with van der Waals surface area (Å²) in [7, 11) is 1.42. The molecule has 0 saturated heterocycles. The standard InChI is InChI=1S/C4H8O3S.Na/c1-7-4(2-3-4)8(5)6;/h2-3H2,1H3,(H,5,6);/q;+1/p-1. The van der Waals surface area contributed by atoms with E-state index in [-0.39, 0.29) is 29.6 Å². The van der Waals surface area contributed by atoms with Crippen LogP contribution in [0.25, 0.3) is 0 Å². The summed E-state index contributed by atoms with van der Waals surface area (Å²) in [6.07, 6.45) is 1.30. The van der Waals surface area contributed by atoms with E-state index in [4.69, 9.17) is 4.74 Å². The van der Waals surface area contributed by atoms with Crippen molar-refractivity contribution < 1.29 is 43.1 Å². The van der Waals surface area contributed by atoms with Crippen molar-refractivity contribution in [3.05, 3.63) is 0 Å². The maximum absolute atomic E-state index is 10.2. The van der Waals surface area contributed by atoms with Gasteiger partial charge in [0.1, 0.15) is 4.93 Å². The van der Waals surface area contributed by atoms with E-state index in [1.807, 2.05) is 0 Å². The average Bonchev–Trinajstić information content (AvgIpc) is 2.44. The maximum atomic E-state index is 10.2. The van der Waals surface area contributed by atoms with Gasteiger partial charge in [-0.05, 0) is 23.9 Å². The van der Waals surface area contributed by atoms with Gasteiger partial charge in [-0.1, -0.05) is 0 Å². The van der Waals surface area contributed by atoms with Crippen LogP contribution in [0.5, 0.6) is 0 Å². The fourth-order valence-electron chi connectivity index (χ4n) is 0.541. The fraction of sp³-hybridized carbons (Fsp3) is 1.00. The topological polar surface area (TPSA) is 49.4 Å². The Kier molecular flexibility index (Phi) is 3.87. The van der Waals surface area contributed by atoms with Crippen LogP contribution < -0.4 is 29.6 Å². The van der Waals surface area contributed by atoms with Crippen molar-refractivity contribution in [3.63, 3.8) is 0 Å². The van der Waals surface area contributed by atoms with Crippen LogP contribution in [0.4, 0.5) is 0 Å². The summed E-state index contributed by atoms with van der Waals surface area (Å²) < 4.78 is 25.1. The first-order chi connectivity index (χ1) is 3.71. The fourth-order valence-corrected chi connectivity index (χ4v) is 1.11. The number of ether oxygens (including phenoxy) is 1. The zero-order valence-electron chi connectivity index (χ0n) is 5.55. The van der Waals surface area contributed by atoms with Crippen LogP contribution in [-0.4, -0.2) is 20.8 Å². The molecule has 0 amide bonds. The minimum Gasteiger partial charge on any atom is -0.770 e. The molecule has 1 atom stereocenters. The van der Waals surface area contributed by atoms with Gasteiger partial charge >= 0.3 is 29.6 Å². The van der Waals surface area contributed by atoms with Gasteiger partial charge in [0, 0.05) is 7.11 Å². The van der Waals surface area contributed by atoms with E-state index in [2.05, 4.69) is 0 Å². The molecule has 3 nitrogen and oxygen atoms in total. The smallest absolute Gasteiger partial charge is 0.770 e. The van der Waals surface area contributed by atoms with E-state index in [1.165, 1.54) is 7.11 Å². The number of methoxy groups -OCH3 is 1. The Morgan fingerprint density at radius 3 is 2.11 bits per heavy atom. The zero-order valence-corrected chi connectivity index (χ0v) is 8.36. The van der Waals surface area contributed by atoms with Crippen LogP contribution in [0, 0.1) is 0 Å². The van der Waals surface area contributed by atoms with Gasteiger partial charge in [0.15, 0.2) is 0 Å². The van der Waals surface area contributed by atoms with Crippen molar-refractivity contribution in [2.24, 2.45) is 0 Å². The quantitative estimate of drug-likeness (QED) is 0.318. The van der Waals surface area contributed by atoms with Gasteiger partial charge in [0.05, 0.1) is 0 Å². The Balaban J connectivity index is 0.000000640. The molecule has 0 N–H and O–H groups in total. The summed E-state index contributed by atoms with van der Waals surface area (Å²) in [5.74, 6) is 0. The Labute approximate surface area is 78.7 Å². The maximum Gasteiger partial charge on any atom is 1.00 e. The minimum absolute atomic E-state index is 0. The van der Waals surface area contributed by atoms with Crippen molar-refractivity contribution in [3.8, 4) is 0 Å². The first-order valence-corrected chi connectivity index (χ1v) is 3.43. The molecule has 0 aromatic carbocycles. The molecule has 0 radical (unpaired) electrons. The summed E-state index contributed by atoms with van der Waals surface area (Å²) in [6.45, 7) is 0. The SMILES string of the molecule is COC1(S(=O)[O-])CC1.[Na+]. The van der Waals surface area contributed by atoms with Crippen LogP contribution in [0.1, 0.15) is 12.8 Å². The van der Waals surface area contributed by atoms with E-state index in [9.17, 15) is 8.76 Å². The first kappa shape index (κ1) is 10.1. The van der Waals surface area contributed by atoms with Gasteiger partial charge in [-0.3, -0.25) is 4.21 Å². The van der Waals surface area contributed by atoms with E-state index >= 15 is 0 Å². The molecule has 0 aromatic rings. The summed E-state index contributed by atoms with van der Waals surface area (Å²) >= 11 is -2.04. The second-order valence-electron chi connectivity index (χ2n) is 1.85. The van der Waals surface area contributed by atoms with Gasteiger partial charge in [-0.2, -0.15) is 0 Å². The summed E-state index contributed by atoms with van der Waals surface area (Å²) in [5, 5.41) is 0. The Bertz CT molecular complexity index is 123. The molecule has 1 rings (SSSR count). The molecule has 48 valence electrons. The largest absolute Gasteiger partial charge is 1.00 e. The molecule has 0 heterocycles. The third-order valence-corrected chi connectivity index (χ3v) is 2.52. The second-order valence-corrected chi connectivity index (χ2v) is 3.06. The van der Waals surface area contributed by atoms with Crippen LogP contribution in [0.2, 0.25) is 0 Å². The molecule has 1 saturated carbocycles. The van der Waals surface area contributed by atoms with Gasteiger partial charge in [0.25, 0.3) is 0 Å². The van der Waals surface area contributed by atoms with Gasteiger partial charge in [-0.25, -0.2) is 0 Å². The molecular weight excluding hydrogens is 151 g/mol. The van der Waals surface area contributed by atoms with Crippen LogP contribution in [0.15, 0.2) is 0 Å². The molecule has 1 aliphatic rings. The summed E-state index contributed by atoms with van der Waals surface area (Å²) in [5.41, 5.74) is 0. The van der Waals surface area contributed by atoms with Crippen LogP contribution in [-0.2, 0) is 15.8 Å². The molecule has 1 fully saturated rings. The third-order valence-electron chi connectivity index (χ3n) is 1.33. The van der Waals surface area contributed by atoms with Crippen molar-refractivity contribution in [1.29, 1.82) is 0 Å². The van der Waals surface area contributed by atoms with E-state index in [1.54, 1.807) is 0 Å². The predicted molar refractivity (Wildman–Crippen MR) is 27.9 cm³/mol. The van der Waals surface area contributed by atoms with Crippen molar-refractivity contribution in [1.82, 2.24) is 0 Å². The third kappa shape index (κ3) is 2.00. The Hall–Kier alpha value is 1.07. The molecule has 0 aliphatic heterocycles. The summed E-state index contributed by atoms with van der Waals surface area (Å²) in [6, 6.07) is 0. The number of rotatable bonds is 2. The monoisotopic (exact) mass is 158 g/mol. The van der Waals surface area contributed by atoms with Crippen molar-refractivity contribution in [2.75, 3.05) is 7.11 Å². The number of hydrogen-bond donors (Lipinski definition) is 0. The Morgan fingerprint density at radius 1 is 1.67 bits per heavy atom. The molecular formula is C4H7NaO3S. The van der Waals surface area contributed by atoms with Gasteiger partial charge in [-0.15, -0.1) is 0 Å². The van der Waals surface area contributed by atoms with Crippen LogP contribution >= 0.6 is 0 Å². The normalized spacial score (nSPS) is 24.2. The second kappa shape index (κ2) is 3.46. The molecule has 5 heteroatoms. The van der Waals surface area contributed by atoms with Crippen LogP contribution in [0.3, 0.4) is 0 Å². The predicted octanol–water partition coefficient (Wildman–Crippen LogP) is -2.99. The molecule has 1 aliphatic carbocycles. The molecule has 0 aromatic heterocycles. The van der Waals surface area contributed by atoms with Crippen molar-refractivity contribution in [2.45, 2.75) is 17.8 Å². The zero-order chi connectivity index (χ0) is 6.20. The molecule has 0 spiro atoms. The molecule has 1 unspecified atom stereocenters. The van der Waals surface area contributed by atoms with E-state index in [0.717, 1.165) is 0 Å². The van der Waals surface area contributed by atoms with Crippen molar-refractivity contribution >= 4 is 11.1 Å². The average molecular weight is 158 g/mol. The first-order valence-electron chi connectivity index (χ1n) is 2.36. The van der Waals surface area contributed by atoms with Gasteiger partial charge in [0.2, 0.25) is 0 Å². The minimum atomic E-state index is -2.04. The van der Waals surface area contributed by atoms with E-state index < -0.39 is 16.0 Å². The number of hydrogen-bond acceptors (Lipinski definition) is 3.